The Balaban J connectivity index is 2.24. The van der Waals surface area contributed by atoms with Gasteiger partial charge in [0.15, 0.2) is 0 Å². The fourth-order valence-corrected chi connectivity index (χ4v) is 4.21. The summed E-state index contributed by atoms with van der Waals surface area (Å²) in [6, 6.07) is 8.34. The first-order valence-corrected chi connectivity index (χ1v) is 7.08. The molecule has 3 heteroatoms. The molecule has 1 aliphatic carbocycles. The van der Waals surface area contributed by atoms with Crippen LogP contribution in [0.2, 0.25) is 0 Å². The number of benzene rings is 1. The molecule has 0 unspecified atom stereocenters. The van der Waals surface area contributed by atoms with Crippen molar-refractivity contribution in [3.05, 3.63) is 34.7 Å². The van der Waals surface area contributed by atoms with Crippen molar-refractivity contribution in [1.82, 2.24) is 0 Å². The van der Waals surface area contributed by atoms with Gasteiger partial charge >= 0.3 is 5.97 Å². The molecular formula is C15H16O2S. The molecule has 1 aromatic carbocycles. The van der Waals surface area contributed by atoms with Crippen LogP contribution in [0.4, 0.5) is 0 Å². The zero-order chi connectivity index (χ0) is 12.8. The highest BCUT2D eigenvalue weighted by Gasteiger charge is 2.49. The van der Waals surface area contributed by atoms with Crippen molar-refractivity contribution in [2.45, 2.75) is 31.6 Å². The lowest BCUT2D eigenvalue weighted by Gasteiger charge is -2.39. The van der Waals surface area contributed by atoms with Gasteiger partial charge in [-0.3, -0.25) is 4.79 Å². The van der Waals surface area contributed by atoms with E-state index in [0.717, 1.165) is 19.3 Å². The second-order valence-electron chi connectivity index (χ2n) is 4.96. The Hall–Kier alpha value is -1.35. The van der Waals surface area contributed by atoms with E-state index in [4.69, 9.17) is 4.74 Å². The van der Waals surface area contributed by atoms with Crippen molar-refractivity contribution in [2.75, 3.05) is 7.11 Å². The monoisotopic (exact) mass is 260 g/mol. The third kappa shape index (κ3) is 1.43. The standard InChI is InChI=1S/C15H16O2S/c1-10-13(11-6-3-4-7-12(11)18-10)15(8-5-9-15)14(16)17-2/h3-4,6-7H,5,8-9H2,1-2H3. The molecule has 3 rings (SSSR count). The largest absolute Gasteiger partial charge is 0.468 e. The van der Waals surface area contributed by atoms with Crippen LogP contribution >= 0.6 is 11.3 Å². The van der Waals surface area contributed by atoms with Gasteiger partial charge in [-0.15, -0.1) is 11.3 Å². The Labute approximate surface area is 111 Å². The average Bonchev–Trinajstić information content (AvgIpc) is 2.65. The van der Waals surface area contributed by atoms with E-state index in [1.165, 1.54) is 27.6 Å². The maximum Gasteiger partial charge on any atom is 0.316 e. The van der Waals surface area contributed by atoms with E-state index in [-0.39, 0.29) is 11.4 Å². The quantitative estimate of drug-likeness (QED) is 0.768. The van der Waals surface area contributed by atoms with E-state index in [1.807, 2.05) is 12.1 Å². The van der Waals surface area contributed by atoms with E-state index in [9.17, 15) is 4.79 Å². The topological polar surface area (TPSA) is 26.3 Å². The van der Waals surface area contributed by atoms with Gasteiger partial charge in [-0.25, -0.2) is 0 Å². The highest BCUT2D eigenvalue weighted by atomic mass is 32.1. The van der Waals surface area contributed by atoms with Crippen LogP contribution in [0.15, 0.2) is 24.3 Å². The number of methoxy groups -OCH3 is 1. The minimum Gasteiger partial charge on any atom is -0.468 e. The van der Waals surface area contributed by atoms with E-state index in [1.54, 1.807) is 11.3 Å². The first-order chi connectivity index (χ1) is 8.69. The van der Waals surface area contributed by atoms with Crippen molar-refractivity contribution < 1.29 is 9.53 Å². The molecule has 1 heterocycles. The van der Waals surface area contributed by atoms with Gasteiger partial charge in [0.25, 0.3) is 0 Å². The summed E-state index contributed by atoms with van der Waals surface area (Å²) in [5.41, 5.74) is 0.833. The summed E-state index contributed by atoms with van der Waals surface area (Å²) in [5, 5.41) is 1.23. The zero-order valence-corrected chi connectivity index (χ0v) is 11.5. The van der Waals surface area contributed by atoms with Crippen LogP contribution in [-0.4, -0.2) is 13.1 Å². The zero-order valence-electron chi connectivity index (χ0n) is 10.7. The lowest BCUT2D eigenvalue weighted by atomic mass is 9.63. The average molecular weight is 260 g/mol. The summed E-state index contributed by atoms with van der Waals surface area (Å²) < 4.78 is 6.31. The van der Waals surface area contributed by atoms with Crippen LogP contribution in [0.3, 0.4) is 0 Å². The van der Waals surface area contributed by atoms with Gasteiger partial charge in [-0.1, -0.05) is 24.6 Å². The molecule has 0 radical (unpaired) electrons. The van der Waals surface area contributed by atoms with Crippen LogP contribution in [0.1, 0.15) is 29.7 Å². The molecule has 0 spiro atoms. The third-order valence-corrected chi connectivity index (χ3v) is 5.12. The predicted molar refractivity (Wildman–Crippen MR) is 74.1 cm³/mol. The summed E-state index contributed by atoms with van der Waals surface area (Å²) in [6.45, 7) is 2.11. The molecule has 0 bridgehead atoms. The van der Waals surface area contributed by atoms with Crippen LogP contribution < -0.4 is 0 Å². The number of carbonyl (C=O) groups excluding carboxylic acids is 1. The molecule has 0 aliphatic heterocycles. The summed E-state index contributed by atoms with van der Waals surface area (Å²) in [4.78, 5) is 13.4. The van der Waals surface area contributed by atoms with Gasteiger partial charge in [-0.05, 0) is 36.8 Å². The van der Waals surface area contributed by atoms with E-state index in [0.29, 0.717) is 0 Å². The van der Waals surface area contributed by atoms with Gasteiger partial charge in [0.05, 0.1) is 12.5 Å². The van der Waals surface area contributed by atoms with Gasteiger partial charge in [0.2, 0.25) is 0 Å². The van der Waals surface area contributed by atoms with Gasteiger partial charge in [0.1, 0.15) is 0 Å². The van der Waals surface area contributed by atoms with E-state index < -0.39 is 0 Å². The fourth-order valence-electron chi connectivity index (χ4n) is 3.04. The van der Waals surface area contributed by atoms with Crippen molar-refractivity contribution >= 4 is 27.4 Å². The number of rotatable bonds is 2. The molecule has 18 heavy (non-hydrogen) atoms. The van der Waals surface area contributed by atoms with Crippen molar-refractivity contribution in [1.29, 1.82) is 0 Å². The summed E-state index contributed by atoms with van der Waals surface area (Å²) in [5.74, 6) is -0.0691. The Bertz CT molecular complexity index is 608. The van der Waals surface area contributed by atoms with Crippen molar-refractivity contribution in [2.24, 2.45) is 0 Å². The highest BCUT2D eigenvalue weighted by Crippen LogP contribution is 2.50. The highest BCUT2D eigenvalue weighted by molar-refractivity contribution is 7.19. The molecule has 1 aliphatic rings. The lowest BCUT2D eigenvalue weighted by Crippen LogP contribution is -2.43. The van der Waals surface area contributed by atoms with E-state index >= 15 is 0 Å². The Kier molecular flexibility index (Phi) is 2.67. The molecule has 0 atom stereocenters. The first kappa shape index (κ1) is 11.7. The molecule has 0 N–H and O–H groups in total. The van der Waals surface area contributed by atoms with Gasteiger partial charge in [0, 0.05) is 9.58 Å². The molecule has 1 saturated carbocycles. The molecule has 1 aromatic heterocycles. The third-order valence-electron chi connectivity index (χ3n) is 4.03. The van der Waals surface area contributed by atoms with Crippen molar-refractivity contribution in [3.8, 4) is 0 Å². The number of ether oxygens (including phenoxy) is 1. The van der Waals surface area contributed by atoms with E-state index in [2.05, 4.69) is 19.1 Å². The maximum atomic E-state index is 12.2. The molecule has 2 nitrogen and oxygen atoms in total. The summed E-state index contributed by atoms with van der Waals surface area (Å²) >= 11 is 1.78. The molecule has 1 fully saturated rings. The Morgan fingerprint density at radius 3 is 2.67 bits per heavy atom. The summed E-state index contributed by atoms with van der Waals surface area (Å²) in [7, 11) is 1.49. The SMILES string of the molecule is COC(=O)C1(c2c(C)sc3ccccc23)CCC1. The van der Waals surface area contributed by atoms with Crippen LogP contribution in [0.25, 0.3) is 10.1 Å². The van der Waals surface area contributed by atoms with Crippen LogP contribution in [0, 0.1) is 6.92 Å². The number of hydrogen-bond acceptors (Lipinski definition) is 3. The van der Waals surface area contributed by atoms with Crippen molar-refractivity contribution in [3.63, 3.8) is 0 Å². The predicted octanol–water partition coefficient (Wildman–Crippen LogP) is 3.80. The Morgan fingerprint density at radius 2 is 2.06 bits per heavy atom. The second kappa shape index (κ2) is 4.09. The summed E-state index contributed by atoms with van der Waals surface area (Å²) in [6.07, 6.45) is 2.95. The number of esters is 1. The number of aryl methyl sites for hydroxylation is 1. The molecule has 0 amide bonds. The van der Waals surface area contributed by atoms with Gasteiger partial charge < -0.3 is 4.74 Å². The second-order valence-corrected chi connectivity index (χ2v) is 6.21. The van der Waals surface area contributed by atoms with Crippen LogP contribution in [-0.2, 0) is 14.9 Å². The normalized spacial score (nSPS) is 17.4. The van der Waals surface area contributed by atoms with Crippen LogP contribution in [0.5, 0.6) is 0 Å². The minimum atomic E-state index is -0.377. The molecule has 2 aromatic rings. The molecular weight excluding hydrogens is 244 g/mol. The minimum absolute atomic E-state index is 0.0691. The fraction of sp³-hybridized carbons (Fsp3) is 0.400. The number of fused-ring (bicyclic) bond motifs is 1. The molecule has 94 valence electrons. The maximum absolute atomic E-state index is 12.2. The smallest absolute Gasteiger partial charge is 0.316 e. The van der Waals surface area contributed by atoms with Gasteiger partial charge in [-0.2, -0.15) is 0 Å². The number of carbonyl (C=O) groups is 1. The molecule has 0 saturated heterocycles. The first-order valence-electron chi connectivity index (χ1n) is 6.26. The number of hydrogen-bond donors (Lipinski definition) is 0. The Morgan fingerprint density at radius 1 is 1.33 bits per heavy atom. The lowest BCUT2D eigenvalue weighted by molar-refractivity contribution is -0.151. The number of thiophene rings is 1.